The van der Waals surface area contributed by atoms with Gasteiger partial charge in [-0.25, -0.2) is 4.79 Å². The normalized spacial score (nSPS) is 14.9. The van der Waals surface area contributed by atoms with Crippen LogP contribution in [0.5, 0.6) is 0 Å². The van der Waals surface area contributed by atoms with E-state index in [1.54, 1.807) is 13.8 Å². The van der Waals surface area contributed by atoms with Gasteiger partial charge in [0.2, 0.25) is 5.91 Å². The van der Waals surface area contributed by atoms with E-state index < -0.39 is 17.4 Å². The summed E-state index contributed by atoms with van der Waals surface area (Å²) in [5, 5.41) is 2.71. The Bertz CT molecular complexity index is 279. The van der Waals surface area contributed by atoms with Gasteiger partial charge in [-0.2, -0.15) is 0 Å². The largest absolute Gasteiger partial charge is 0.467 e. The summed E-state index contributed by atoms with van der Waals surface area (Å²) in [6.07, 6.45) is 0.779. The first-order chi connectivity index (χ1) is 7.80. The van der Waals surface area contributed by atoms with Crippen molar-refractivity contribution in [2.45, 2.75) is 40.2 Å². The van der Waals surface area contributed by atoms with Crippen molar-refractivity contribution in [1.29, 1.82) is 0 Å². The highest BCUT2D eigenvalue weighted by Crippen LogP contribution is 2.19. The number of carbonyl (C=O) groups excluding carboxylic acids is 2. The Morgan fingerprint density at radius 2 is 1.94 bits per heavy atom. The average molecular weight is 264 g/mol. The van der Waals surface area contributed by atoms with Crippen molar-refractivity contribution in [3.05, 3.63) is 0 Å². The monoisotopic (exact) mass is 263 g/mol. The maximum atomic E-state index is 11.9. The summed E-state index contributed by atoms with van der Waals surface area (Å²) in [5.74, 6) is -0.424. The Hall–Kier alpha value is -0.770. The maximum absolute atomic E-state index is 11.9. The van der Waals surface area contributed by atoms with E-state index in [1.807, 2.05) is 13.8 Å². The molecule has 0 aromatic carbocycles. The molecule has 2 atom stereocenters. The van der Waals surface area contributed by atoms with Crippen LogP contribution in [0.2, 0.25) is 0 Å². The Kier molecular flexibility index (Phi) is 6.53. The quantitative estimate of drug-likeness (QED) is 0.589. The van der Waals surface area contributed by atoms with Crippen molar-refractivity contribution in [3.8, 4) is 0 Å². The van der Waals surface area contributed by atoms with Gasteiger partial charge in [0.25, 0.3) is 0 Å². The summed E-state index contributed by atoms with van der Waals surface area (Å²) < 4.78 is 4.70. The molecule has 5 heteroatoms. The predicted octanol–water partition coefficient (Wildman–Crippen LogP) is 1.96. The molecule has 17 heavy (non-hydrogen) atoms. The van der Waals surface area contributed by atoms with Gasteiger partial charge in [0, 0.05) is 5.88 Å². The second kappa shape index (κ2) is 6.84. The van der Waals surface area contributed by atoms with Crippen LogP contribution in [0.4, 0.5) is 0 Å². The van der Waals surface area contributed by atoms with Crippen molar-refractivity contribution in [3.63, 3.8) is 0 Å². The third-order valence-electron chi connectivity index (χ3n) is 2.90. The minimum absolute atomic E-state index is 0.0255. The van der Waals surface area contributed by atoms with Crippen LogP contribution in [0.15, 0.2) is 0 Å². The lowest BCUT2D eigenvalue weighted by atomic mass is 9.92. The smallest absolute Gasteiger partial charge is 0.328 e. The zero-order chi connectivity index (χ0) is 13.6. The minimum Gasteiger partial charge on any atom is -0.467 e. The first-order valence-corrected chi connectivity index (χ1v) is 6.28. The second-order valence-corrected chi connectivity index (χ2v) is 5.14. The molecule has 0 aromatic heterocycles. The van der Waals surface area contributed by atoms with Gasteiger partial charge in [-0.1, -0.05) is 20.3 Å². The summed E-state index contributed by atoms with van der Waals surface area (Å²) in [6.45, 7) is 7.33. The standard InChI is InChI=1S/C12H22ClNO3/c1-6-8(2)9(10(15)17-5)14-11(16)12(3,4)7-13/h8-9H,6-7H2,1-5H3,(H,14,16). The third kappa shape index (κ3) is 4.54. The zero-order valence-electron chi connectivity index (χ0n) is 11.2. The lowest BCUT2D eigenvalue weighted by molar-refractivity contribution is -0.147. The van der Waals surface area contributed by atoms with Crippen LogP contribution in [0, 0.1) is 11.3 Å². The fourth-order valence-electron chi connectivity index (χ4n) is 1.19. The lowest BCUT2D eigenvalue weighted by Gasteiger charge is -2.27. The van der Waals surface area contributed by atoms with Crippen molar-refractivity contribution < 1.29 is 14.3 Å². The summed E-state index contributed by atoms with van der Waals surface area (Å²) in [5.41, 5.74) is -0.693. The number of nitrogens with one attached hydrogen (secondary N) is 1. The molecule has 4 nitrogen and oxygen atoms in total. The Balaban J connectivity index is 4.77. The third-order valence-corrected chi connectivity index (χ3v) is 3.57. The van der Waals surface area contributed by atoms with Gasteiger partial charge < -0.3 is 10.1 Å². The molecule has 0 spiro atoms. The number of amides is 1. The van der Waals surface area contributed by atoms with Gasteiger partial charge in [-0.05, 0) is 19.8 Å². The Morgan fingerprint density at radius 1 is 1.41 bits per heavy atom. The van der Waals surface area contributed by atoms with E-state index in [-0.39, 0.29) is 17.7 Å². The molecule has 0 heterocycles. The summed E-state index contributed by atoms with van der Waals surface area (Å²) in [4.78, 5) is 23.5. The molecule has 100 valence electrons. The van der Waals surface area contributed by atoms with E-state index in [9.17, 15) is 9.59 Å². The zero-order valence-corrected chi connectivity index (χ0v) is 11.9. The van der Waals surface area contributed by atoms with Crippen molar-refractivity contribution in [1.82, 2.24) is 5.32 Å². The van der Waals surface area contributed by atoms with Crippen LogP contribution in [-0.4, -0.2) is 30.9 Å². The van der Waals surface area contributed by atoms with Crippen LogP contribution in [0.1, 0.15) is 34.1 Å². The van der Waals surface area contributed by atoms with Crippen LogP contribution in [0.3, 0.4) is 0 Å². The Labute approximate surface area is 108 Å². The lowest BCUT2D eigenvalue weighted by Crippen LogP contribution is -2.50. The number of methoxy groups -OCH3 is 1. The number of carbonyl (C=O) groups is 2. The van der Waals surface area contributed by atoms with Crippen LogP contribution < -0.4 is 5.32 Å². The average Bonchev–Trinajstić information content (AvgIpc) is 2.33. The molecule has 0 aliphatic heterocycles. The topological polar surface area (TPSA) is 55.4 Å². The molecule has 0 saturated heterocycles. The van der Waals surface area contributed by atoms with E-state index in [0.717, 1.165) is 6.42 Å². The van der Waals surface area contributed by atoms with Gasteiger partial charge in [-0.3, -0.25) is 4.79 Å². The first-order valence-electron chi connectivity index (χ1n) is 5.74. The molecule has 1 amide bonds. The second-order valence-electron chi connectivity index (χ2n) is 4.88. The molecule has 0 rings (SSSR count). The van der Waals surface area contributed by atoms with Crippen molar-refractivity contribution in [2.24, 2.45) is 11.3 Å². The molecule has 0 aromatic rings. The highest BCUT2D eigenvalue weighted by molar-refractivity contribution is 6.19. The molecule has 0 fully saturated rings. The van der Waals surface area contributed by atoms with E-state index in [2.05, 4.69) is 5.32 Å². The van der Waals surface area contributed by atoms with Crippen molar-refractivity contribution in [2.75, 3.05) is 13.0 Å². The highest BCUT2D eigenvalue weighted by Gasteiger charge is 2.33. The molecule has 0 aliphatic carbocycles. The Morgan fingerprint density at radius 3 is 2.29 bits per heavy atom. The number of hydrogen-bond donors (Lipinski definition) is 1. The minimum atomic E-state index is -0.693. The molecule has 0 aliphatic rings. The first kappa shape index (κ1) is 16.2. The number of ether oxygens (including phenoxy) is 1. The molecule has 1 N–H and O–H groups in total. The van der Waals surface area contributed by atoms with Gasteiger partial charge in [0.15, 0.2) is 0 Å². The van der Waals surface area contributed by atoms with Crippen LogP contribution in [0.25, 0.3) is 0 Å². The van der Waals surface area contributed by atoms with E-state index in [1.165, 1.54) is 7.11 Å². The number of alkyl halides is 1. The van der Waals surface area contributed by atoms with Crippen molar-refractivity contribution >= 4 is 23.5 Å². The van der Waals surface area contributed by atoms with Crippen LogP contribution in [-0.2, 0) is 14.3 Å². The fourth-order valence-corrected chi connectivity index (χ4v) is 1.31. The van der Waals surface area contributed by atoms with E-state index >= 15 is 0 Å². The highest BCUT2D eigenvalue weighted by atomic mass is 35.5. The number of hydrogen-bond acceptors (Lipinski definition) is 3. The molecule has 0 radical (unpaired) electrons. The molecule has 0 bridgehead atoms. The molecular formula is C12H22ClNO3. The SMILES string of the molecule is CCC(C)C(NC(=O)C(C)(C)CCl)C(=O)OC. The molecule has 0 saturated carbocycles. The molecular weight excluding hydrogens is 242 g/mol. The predicted molar refractivity (Wildman–Crippen MR) is 67.9 cm³/mol. The van der Waals surface area contributed by atoms with Gasteiger partial charge in [0.05, 0.1) is 12.5 Å². The van der Waals surface area contributed by atoms with E-state index in [4.69, 9.17) is 16.3 Å². The summed E-state index contributed by atoms with van der Waals surface area (Å²) >= 11 is 5.72. The maximum Gasteiger partial charge on any atom is 0.328 e. The number of rotatable bonds is 6. The number of esters is 1. The van der Waals surface area contributed by atoms with Gasteiger partial charge in [0.1, 0.15) is 6.04 Å². The number of halogens is 1. The summed E-state index contributed by atoms with van der Waals surface area (Å²) in [7, 11) is 1.32. The van der Waals surface area contributed by atoms with Gasteiger partial charge in [-0.15, -0.1) is 11.6 Å². The molecule has 2 unspecified atom stereocenters. The fraction of sp³-hybridized carbons (Fsp3) is 0.833. The summed E-state index contributed by atoms with van der Waals surface area (Å²) in [6, 6.07) is -0.611. The van der Waals surface area contributed by atoms with Gasteiger partial charge >= 0.3 is 5.97 Å². The van der Waals surface area contributed by atoms with Crippen LogP contribution >= 0.6 is 11.6 Å². The van der Waals surface area contributed by atoms with E-state index in [0.29, 0.717) is 0 Å².